The molecule has 3 aliphatic rings. The first-order chi connectivity index (χ1) is 9.33. The molecule has 0 spiro atoms. The second-order valence-electron chi connectivity index (χ2n) is 7.85. The van der Waals surface area contributed by atoms with E-state index in [4.69, 9.17) is 0 Å². The van der Waals surface area contributed by atoms with Crippen LogP contribution >= 0.6 is 0 Å². The summed E-state index contributed by atoms with van der Waals surface area (Å²) in [4.78, 5) is 0. The topological polar surface area (TPSA) is 0 Å². The van der Waals surface area contributed by atoms with Crippen LogP contribution in [0.25, 0.3) is 0 Å². The molecule has 0 aliphatic heterocycles. The summed E-state index contributed by atoms with van der Waals surface area (Å²) in [7, 11) is 0. The molecule has 1 radical (unpaired) electrons. The summed E-state index contributed by atoms with van der Waals surface area (Å²) in [5.41, 5.74) is 0. The standard InChI is InChI=1S/C19H33.Y/c1-15-7-9-17(10-8-15)19-13-11-18(12-14-19)16-5-3-2-4-6-16;/h15-19H,1-14H2;/q-1;. The molecule has 3 saturated carbocycles. The molecule has 3 rings (SSSR count). The predicted molar refractivity (Wildman–Crippen MR) is 82.8 cm³/mol. The van der Waals surface area contributed by atoms with Gasteiger partial charge in [-0.25, -0.2) is 0 Å². The third kappa shape index (κ3) is 4.55. The van der Waals surface area contributed by atoms with Crippen LogP contribution in [0.2, 0.25) is 0 Å². The molecule has 0 bridgehead atoms. The molecule has 20 heavy (non-hydrogen) atoms. The molecule has 0 N–H and O–H groups in total. The van der Waals surface area contributed by atoms with E-state index in [0.29, 0.717) is 0 Å². The summed E-state index contributed by atoms with van der Waals surface area (Å²) in [6.07, 6.45) is 19.8. The van der Waals surface area contributed by atoms with Gasteiger partial charge in [0, 0.05) is 32.7 Å². The van der Waals surface area contributed by atoms with Crippen LogP contribution in [-0.4, -0.2) is 0 Å². The van der Waals surface area contributed by atoms with E-state index < -0.39 is 0 Å². The maximum absolute atomic E-state index is 4.25. The van der Waals surface area contributed by atoms with Gasteiger partial charge < -0.3 is 6.92 Å². The van der Waals surface area contributed by atoms with Gasteiger partial charge in [-0.05, 0) is 49.4 Å². The molecule has 0 unspecified atom stereocenters. The number of hydrogen-bond acceptors (Lipinski definition) is 0. The maximum Gasteiger partial charge on any atom is 0 e. The summed E-state index contributed by atoms with van der Waals surface area (Å²) in [6, 6.07) is 0. The van der Waals surface area contributed by atoms with E-state index in [2.05, 4.69) is 6.92 Å². The fourth-order valence-corrected chi connectivity index (χ4v) is 5.35. The Morgan fingerprint density at radius 2 is 0.800 bits per heavy atom. The Hall–Kier alpha value is 1.10. The Labute approximate surface area is 152 Å². The van der Waals surface area contributed by atoms with Gasteiger partial charge in [0.25, 0.3) is 0 Å². The van der Waals surface area contributed by atoms with Gasteiger partial charge in [-0.3, -0.25) is 0 Å². The van der Waals surface area contributed by atoms with Crippen LogP contribution in [0.15, 0.2) is 0 Å². The summed E-state index contributed by atoms with van der Waals surface area (Å²) in [6.45, 7) is 4.25. The van der Waals surface area contributed by atoms with E-state index >= 15 is 0 Å². The zero-order valence-corrected chi connectivity index (χ0v) is 16.2. The fourth-order valence-electron chi connectivity index (χ4n) is 5.35. The van der Waals surface area contributed by atoms with Gasteiger partial charge in [0.15, 0.2) is 0 Å². The molecule has 113 valence electrons. The molecule has 0 aromatic carbocycles. The number of hydrogen-bond donors (Lipinski definition) is 0. The van der Waals surface area contributed by atoms with Crippen molar-refractivity contribution in [3.63, 3.8) is 0 Å². The molecular weight excluding hydrogens is 317 g/mol. The zero-order chi connectivity index (χ0) is 13.1. The Morgan fingerprint density at radius 3 is 1.25 bits per heavy atom. The van der Waals surface area contributed by atoms with Crippen LogP contribution in [0.1, 0.15) is 83.5 Å². The Kier molecular flexibility index (Phi) is 7.56. The minimum atomic E-state index is 0. The van der Waals surface area contributed by atoms with E-state index in [0.717, 1.165) is 29.6 Å². The molecule has 0 amide bonds. The molecule has 0 aromatic heterocycles. The van der Waals surface area contributed by atoms with Crippen molar-refractivity contribution < 1.29 is 32.7 Å². The maximum atomic E-state index is 4.25. The van der Waals surface area contributed by atoms with Gasteiger partial charge in [-0.1, -0.05) is 57.8 Å². The van der Waals surface area contributed by atoms with Crippen LogP contribution in [0, 0.1) is 36.5 Å². The first kappa shape index (κ1) is 17.5. The van der Waals surface area contributed by atoms with Crippen LogP contribution in [-0.2, 0) is 32.7 Å². The summed E-state index contributed by atoms with van der Waals surface area (Å²) < 4.78 is 0. The van der Waals surface area contributed by atoms with Gasteiger partial charge >= 0.3 is 0 Å². The summed E-state index contributed by atoms with van der Waals surface area (Å²) in [5.74, 6) is 5.17. The van der Waals surface area contributed by atoms with Crippen molar-refractivity contribution in [1.29, 1.82) is 0 Å². The Bertz CT molecular complexity index is 253. The smallest absolute Gasteiger partial charge is 0 e. The first-order valence-electron chi connectivity index (χ1n) is 9.16. The summed E-state index contributed by atoms with van der Waals surface area (Å²) in [5, 5.41) is 0. The van der Waals surface area contributed by atoms with Crippen molar-refractivity contribution in [2.45, 2.75) is 83.5 Å². The normalized spacial score (nSPS) is 40.0. The van der Waals surface area contributed by atoms with Crippen molar-refractivity contribution >= 4 is 0 Å². The molecular formula is C19H33Y-. The van der Waals surface area contributed by atoms with Crippen molar-refractivity contribution in [3.05, 3.63) is 6.92 Å². The summed E-state index contributed by atoms with van der Waals surface area (Å²) >= 11 is 0. The molecule has 0 nitrogen and oxygen atoms in total. The molecule has 1 heteroatoms. The monoisotopic (exact) mass is 350 g/mol. The van der Waals surface area contributed by atoms with Gasteiger partial charge in [0.2, 0.25) is 0 Å². The molecule has 0 aromatic rings. The van der Waals surface area contributed by atoms with E-state index in [1.165, 1.54) is 44.9 Å². The van der Waals surface area contributed by atoms with Gasteiger partial charge in [0.05, 0.1) is 0 Å². The molecule has 0 saturated heterocycles. The minimum Gasteiger partial charge on any atom is -0.340 e. The molecule has 3 fully saturated rings. The van der Waals surface area contributed by atoms with E-state index in [-0.39, 0.29) is 32.7 Å². The quantitative estimate of drug-likeness (QED) is 0.535. The van der Waals surface area contributed by atoms with Crippen molar-refractivity contribution in [1.82, 2.24) is 0 Å². The second-order valence-corrected chi connectivity index (χ2v) is 7.85. The average molecular weight is 350 g/mol. The first-order valence-corrected chi connectivity index (χ1v) is 9.16. The van der Waals surface area contributed by atoms with E-state index in [1.807, 2.05) is 0 Å². The second kappa shape index (κ2) is 8.66. The van der Waals surface area contributed by atoms with Crippen molar-refractivity contribution in [2.75, 3.05) is 0 Å². The SMILES string of the molecule is [CH2-]C1CCC(C2CCC(C3CCCCC3)CC2)CC1.[Y]. The third-order valence-electron chi connectivity index (χ3n) is 6.69. The fraction of sp³-hybridized carbons (Fsp3) is 0.947. The van der Waals surface area contributed by atoms with E-state index in [1.54, 1.807) is 38.5 Å². The number of rotatable bonds is 2. The predicted octanol–water partition coefficient (Wildman–Crippen LogP) is 6.01. The van der Waals surface area contributed by atoms with E-state index in [9.17, 15) is 0 Å². The minimum absolute atomic E-state index is 0. The van der Waals surface area contributed by atoms with Crippen LogP contribution < -0.4 is 0 Å². The van der Waals surface area contributed by atoms with Crippen molar-refractivity contribution in [2.24, 2.45) is 29.6 Å². The van der Waals surface area contributed by atoms with Gasteiger partial charge in [-0.2, -0.15) is 5.92 Å². The largest absolute Gasteiger partial charge is 0.340 e. The van der Waals surface area contributed by atoms with Crippen LogP contribution in [0.5, 0.6) is 0 Å². The van der Waals surface area contributed by atoms with Crippen molar-refractivity contribution in [3.8, 4) is 0 Å². The Morgan fingerprint density at radius 1 is 0.450 bits per heavy atom. The zero-order valence-electron chi connectivity index (χ0n) is 13.4. The Balaban J connectivity index is 0.00000147. The molecule has 0 heterocycles. The van der Waals surface area contributed by atoms with Crippen LogP contribution in [0.3, 0.4) is 0 Å². The van der Waals surface area contributed by atoms with Gasteiger partial charge in [-0.15, -0.1) is 0 Å². The molecule has 0 atom stereocenters. The van der Waals surface area contributed by atoms with Crippen LogP contribution in [0.4, 0.5) is 0 Å². The molecule has 3 aliphatic carbocycles. The average Bonchev–Trinajstić information content (AvgIpc) is 2.49. The third-order valence-corrected chi connectivity index (χ3v) is 6.69. The van der Waals surface area contributed by atoms with Gasteiger partial charge in [0.1, 0.15) is 0 Å².